The maximum absolute atomic E-state index is 11.9. The summed E-state index contributed by atoms with van der Waals surface area (Å²) in [5.41, 5.74) is 0.0885. The molecule has 2 heterocycles. The van der Waals surface area contributed by atoms with Crippen molar-refractivity contribution in [3.63, 3.8) is 0 Å². The first kappa shape index (κ1) is 13.8. The van der Waals surface area contributed by atoms with E-state index in [2.05, 4.69) is 22.1 Å². The van der Waals surface area contributed by atoms with E-state index in [-0.39, 0.29) is 17.6 Å². The summed E-state index contributed by atoms with van der Waals surface area (Å²) < 4.78 is 5.60. The van der Waals surface area contributed by atoms with E-state index >= 15 is 0 Å². The molecule has 1 aromatic heterocycles. The van der Waals surface area contributed by atoms with Crippen LogP contribution in [0.3, 0.4) is 0 Å². The first-order valence-corrected chi connectivity index (χ1v) is 6.50. The van der Waals surface area contributed by atoms with Crippen molar-refractivity contribution in [3.8, 4) is 0 Å². The fraction of sp³-hybridized carbons (Fsp3) is 0.538. The number of pyridine rings is 1. The summed E-state index contributed by atoms with van der Waals surface area (Å²) in [4.78, 5) is 27.7. The van der Waals surface area contributed by atoms with E-state index in [9.17, 15) is 9.59 Å². The number of carbonyl (C=O) groups excluding carboxylic acids is 1. The molecule has 1 aromatic rings. The van der Waals surface area contributed by atoms with Crippen molar-refractivity contribution in [1.82, 2.24) is 15.2 Å². The van der Waals surface area contributed by atoms with Gasteiger partial charge in [0.25, 0.3) is 5.91 Å². The van der Waals surface area contributed by atoms with Crippen LogP contribution in [-0.2, 0) is 4.74 Å². The van der Waals surface area contributed by atoms with Crippen LogP contribution in [0.4, 0.5) is 0 Å². The van der Waals surface area contributed by atoms with Crippen LogP contribution in [0.15, 0.2) is 23.1 Å². The molecule has 1 unspecified atom stereocenters. The molecule has 0 spiro atoms. The molecule has 2 N–H and O–H groups in total. The number of carbonyl (C=O) groups is 1. The summed E-state index contributed by atoms with van der Waals surface area (Å²) in [6.07, 6.45) is 1.48. The maximum atomic E-state index is 11.9. The Balaban J connectivity index is 1.85. The zero-order valence-electron chi connectivity index (χ0n) is 11.0. The Morgan fingerprint density at radius 2 is 2.47 bits per heavy atom. The first-order chi connectivity index (χ1) is 9.19. The van der Waals surface area contributed by atoms with Gasteiger partial charge in [0.15, 0.2) is 0 Å². The Hall–Kier alpha value is -1.66. The average Bonchev–Trinajstić information content (AvgIpc) is 2.45. The lowest BCUT2D eigenvalue weighted by Crippen LogP contribution is -2.47. The van der Waals surface area contributed by atoms with E-state index in [1.54, 1.807) is 6.07 Å². The highest BCUT2D eigenvalue weighted by Crippen LogP contribution is 2.04. The van der Waals surface area contributed by atoms with Crippen LogP contribution in [0.25, 0.3) is 0 Å². The average molecular weight is 265 g/mol. The number of aromatic nitrogens is 1. The van der Waals surface area contributed by atoms with Gasteiger partial charge in [0.05, 0.1) is 12.7 Å². The lowest BCUT2D eigenvalue weighted by Gasteiger charge is -2.32. The van der Waals surface area contributed by atoms with Crippen LogP contribution in [0.2, 0.25) is 0 Å². The van der Waals surface area contributed by atoms with Crippen molar-refractivity contribution in [1.29, 1.82) is 0 Å². The second-order valence-corrected chi connectivity index (χ2v) is 4.54. The molecule has 1 aliphatic rings. The Kier molecular flexibility index (Phi) is 4.70. The lowest BCUT2D eigenvalue weighted by molar-refractivity contribution is -0.0246. The van der Waals surface area contributed by atoms with Gasteiger partial charge in [-0.2, -0.15) is 0 Å². The van der Waals surface area contributed by atoms with Crippen LogP contribution in [0.1, 0.15) is 17.3 Å². The number of ether oxygens (including phenoxy) is 1. The second kappa shape index (κ2) is 6.49. The fourth-order valence-corrected chi connectivity index (χ4v) is 2.09. The molecule has 6 nitrogen and oxygen atoms in total. The normalized spacial score (nSPS) is 20.2. The van der Waals surface area contributed by atoms with Gasteiger partial charge < -0.3 is 15.0 Å². The zero-order valence-corrected chi connectivity index (χ0v) is 11.0. The van der Waals surface area contributed by atoms with Gasteiger partial charge in [0.1, 0.15) is 0 Å². The van der Waals surface area contributed by atoms with Crippen LogP contribution in [0.5, 0.6) is 0 Å². The van der Waals surface area contributed by atoms with Gasteiger partial charge in [-0.15, -0.1) is 0 Å². The summed E-state index contributed by atoms with van der Waals surface area (Å²) in [6.45, 7) is 6.02. The summed E-state index contributed by atoms with van der Waals surface area (Å²) in [5, 5.41) is 2.80. The third-order valence-electron chi connectivity index (χ3n) is 3.20. The number of nitrogens with zero attached hydrogens (tertiary/aromatic N) is 1. The van der Waals surface area contributed by atoms with E-state index in [0.717, 1.165) is 19.6 Å². The standard InChI is InChI=1S/C13H19N3O3/c1-2-16-5-6-19-11(9-16)8-15-13(18)10-3-4-14-12(17)7-10/h3-4,7,11H,2,5-6,8-9H2,1H3,(H,14,17)(H,15,18). The highest BCUT2D eigenvalue weighted by Gasteiger charge is 2.19. The molecular formula is C13H19N3O3. The number of nitrogens with one attached hydrogen (secondary N) is 2. The summed E-state index contributed by atoms with van der Waals surface area (Å²) in [7, 11) is 0. The van der Waals surface area contributed by atoms with Gasteiger partial charge in [-0.1, -0.05) is 6.92 Å². The fourth-order valence-electron chi connectivity index (χ4n) is 2.09. The largest absolute Gasteiger partial charge is 0.374 e. The molecule has 1 atom stereocenters. The Bertz CT molecular complexity index is 486. The van der Waals surface area contributed by atoms with Crippen LogP contribution in [0, 0.1) is 0 Å². The molecule has 0 saturated carbocycles. The minimum atomic E-state index is -0.279. The molecule has 104 valence electrons. The van der Waals surface area contributed by atoms with E-state index in [1.807, 2.05) is 0 Å². The quantitative estimate of drug-likeness (QED) is 0.792. The van der Waals surface area contributed by atoms with Gasteiger partial charge in [-0.3, -0.25) is 14.5 Å². The van der Waals surface area contributed by atoms with Crippen LogP contribution in [-0.4, -0.2) is 54.7 Å². The van der Waals surface area contributed by atoms with Gasteiger partial charge in [-0.05, 0) is 12.6 Å². The van der Waals surface area contributed by atoms with Gasteiger partial charge >= 0.3 is 0 Å². The first-order valence-electron chi connectivity index (χ1n) is 6.50. The van der Waals surface area contributed by atoms with E-state index in [4.69, 9.17) is 4.74 Å². The molecule has 0 bridgehead atoms. The predicted octanol–water partition coefficient (Wildman–Crippen LogP) is -0.175. The molecule has 0 aromatic carbocycles. The summed E-state index contributed by atoms with van der Waals surface area (Å²) in [5.74, 6) is -0.247. The minimum Gasteiger partial charge on any atom is -0.374 e. The number of rotatable bonds is 4. The predicted molar refractivity (Wildman–Crippen MR) is 71.2 cm³/mol. The SMILES string of the molecule is CCN1CCOC(CNC(=O)c2cc[nH]c(=O)c2)C1. The van der Waals surface area contributed by atoms with Crippen LogP contribution < -0.4 is 10.9 Å². The highest BCUT2D eigenvalue weighted by molar-refractivity contribution is 5.93. The molecule has 2 rings (SSSR count). The van der Waals surface area contributed by atoms with E-state index in [1.165, 1.54) is 12.3 Å². The van der Waals surface area contributed by atoms with Gasteiger partial charge in [0, 0.05) is 37.5 Å². The molecule has 6 heteroatoms. The van der Waals surface area contributed by atoms with Crippen molar-refractivity contribution in [2.24, 2.45) is 0 Å². The summed E-state index contributed by atoms with van der Waals surface area (Å²) in [6, 6.07) is 2.87. The number of hydrogen-bond donors (Lipinski definition) is 2. The van der Waals surface area contributed by atoms with Gasteiger partial charge in [-0.25, -0.2) is 0 Å². The number of likely N-dealkylation sites (N-methyl/N-ethyl adjacent to an activating group) is 1. The van der Waals surface area contributed by atoms with Crippen molar-refractivity contribution in [3.05, 3.63) is 34.2 Å². The molecule has 1 amide bonds. The molecule has 1 saturated heterocycles. The Labute approximate surface area is 111 Å². The number of H-pyrrole nitrogens is 1. The van der Waals surface area contributed by atoms with E-state index < -0.39 is 0 Å². The van der Waals surface area contributed by atoms with E-state index in [0.29, 0.717) is 18.7 Å². The van der Waals surface area contributed by atoms with Crippen molar-refractivity contribution < 1.29 is 9.53 Å². The molecule has 19 heavy (non-hydrogen) atoms. The third kappa shape index (κ3) is 3.90. The third-order valence-corrected chi connectivity index (χ3v) is 3.20. The molecular weight excluding hydrogens is 246 g/mol. The lowest BCUT2D eigenvalue weighted by atomic mass is 10.2. The van der Waals surface area contributed by atoms with Gasteiger partial charge in [0.2, 0.25) is 5.56 Å². The van der Waals surface area contributed by atoms with Crippen molar-refractivity contribution in [2.45, 2.75) is 13.0 Å². The second-order valence-electron chi connectivity index (χ2n) is 4.54. The zero-order chi connectivity index (χ0) is 13.7. The Morgan fingerprint density at radius 3 is 3.21 bits per heavy atom. The van der Waals surface area contributed by atoms with Crippen molar-refractivity contribution in [2.75, 3.05) is 32.8 Å². The molecule has 0 aliphatic carbocycles. The number of amides is 1. The van der Waals surface area contributed by atoms with Crippen LogP contribution >= 0.6 is 0 Å². The van der Waals surface area contributed by atoms with Crippen molar-refractivity contribution >= 4 is 5.91 Å². The monoisotopic (exact) mass is 265 g/mol. The Morgan fingerprint density at radius 1 is 1.63 bits per heavy atom. The molecule has 1 fully saturated rings. The maximum Gasteiger partial charge on any atom is 0.251 e. The molecule has 1 aliphatic heterocycles. The number of hydrogen-bond acceptors (Lipinski definition) is 4. The topological polar surface area (TPSA) is 74.4 Å². The molecule has 0 radical (unpaired) electrons. The number of aromatic amines is 1. The number of morpholine rings is 1. The highest BCUT2D eigenvalue weighted by atomic mass is 16.5. The minimum absolute atomic E-state index is 0.0136. The summed E-state index contributed by atoms with van der Waals surface area (Å²) >= 11 is 0. The smallest absolute Gasteiger partial charge is 0.251 e.